The van der Waals surface area contributed by atoms with Crippen molar-refractivity contribution in [3.8, 4) is 5.88 Å². The Morgan fingerprint density at radius 1 is 1.44 bits per heavy atom. The monoisotopic (exact) mass is 244 g/mol. The van der Waals surface area contributed by atoms with Crippen LogP contribution < -0.4 is 4.74 Å². The van der Waals surface area contributed by atoms with E-state index in [0.29, 0.717) is 18.1 Å². The third-order valence-corrected chi connectivity index (χ3v) is 2.42. The minimum atomic E-state index is -0.501. The number of hydrogen-bond donors (Lipinski definition) is 1. The highest BCUT2D eigenvalue weighted by molar-refractivity contribution is 5.91. The average Bonchev–Trinajstić information content (AvgIpc) is 2.71. The van der Waals surface area contributed by atoms with Gasteiger partial charge in [0.25, 0.3) is 0 Å². The molecule has 1 aromatic carbocycles. The summed E-state index contributed by atoms with van der Waals surface area (Å²) in [6.07, 6.45) is 3.94. The molecule has 0 aliphatic rings. The SMILES string of the molecule is C=CCOc1[nH]c2ccccc2c1/C=C/[N+](=O)[O-]. The van der Waals surface area contributed by atoms with E-state index < -0.39 is 4.92 Å². The number of H-pyrrole nitrogens is 1. The summed E-state index contributed by atoms with van der Waals surface area (Å²) < 4.78 is 5.46. The Hall–Kier alpha value is -2.56. The third-order valence-electron chi connectivity index (χ3n) is 2.42. The first-order valence-electron chi connectivity index (χ1n) is 5.38. The molecule has 92 valence electrons. The third kappa shape index (κ3) is 2.40. The van der Waals surface area contributed by atoms with E-state index in [2.05, 4.69) is 11.6 Å². The molecule has 5 heteroatoms. The predicted octanol–water partition coefficient (Wildman–Crippen LogP) is 2.98. The number of para-hydroxylation sites is 1. The van der Waals surface area contributed by atoms with Crippen molar-refractivity contribution >= 4 is 17.0 Å². The van der Waals surface area contributed by atoms with E-state index in [1.54, 1.807) is 6.08 Å². The summed E-state index contributed by atoms with van der Waals surface area (Å²) in [5.74, 6) is 0.509. The van der Waals surface area contributed by atoms with Gasteiger partial charge < -0.3 is 9.72 Å². The summed E-state index contributed by atoms with van der Waals surface area (Å²) in [4.78, 5) is 13.0. The quantitative estimate of drug-likeness (QED) is 0.499. The molecule has 2 aromatic rings. The number of aromatic nitrogens is 1. The fraction of sp³-hybridized carbons (Fsp3) is 0.0769. The molecule has 18 heavy (non-hydrogen) atoms. The van der Waals surface area contributed by atoms with E-state index >= 15 is 0 Å². The number of ether oxygens (including phenoxy) is 1. The molecular weight excluding hydrogens is 232 g/mol. The minimum absolute atomic E-state index is 0.339. The maximum atomic E-state index is 10.4. The van der Waals surface area contributed by atoms with E-state index in [1.807, 2.05) is 24.3 Å². The summed E-state index contributed by atoms with van der Waals surface area (Å²) in [6, 6.07) is 7.53. The van der Waals surface area contributed by atoms with Gasteiger partial charge in [0.1, 0.15) is 6.61 Å². The van der Waals surface area contributed by atoms with Crippen LogP contribution in [0.3, 0.4) is 0 Å². The van der Waals surface area contributed by atoms with E-state index in [1.165, 1.54) is 6.08 Å². The molecule has 1 N–H and O–H groups in total. The molecular formula is C13H12N2O3. The van der Waals surface area contributed by atoms with Gasteiger partial charge in [0.2, 0.25) is 6.20 Å². The number of rotatable bonds is 5. The highest BCUT2D eigenvalue weighted by Gasteiger charge is 2.10. The Labute approximate surface area is 104 Å². The summed E-state index contributed by atoms with van der Waals surface area (Å²) in [6.45, 7) is 3.91. The van der Waals surface area contributed by atoms with Crippen molar-refractivity contribution in [1.82, 2.24) is 4.98 Å². The number of nitrogens with zero attached hydrogens (tertiary/aromatic N) is 1. The lowest BCUT2D eigenvalue weighted by Crippen LogP contribution is -1.94. The van der Waals surface area contributed by atoms with Gasteiger partial charge in [0.15, 0.2) is 5.88 Å². The molecule has 2 rings (SSSR count). The maximum Gasteiger partial charge on any atom is 0.235 e. The van der Waals surface area contributed by atoms with Crippen LogP contribution in [0.15, 0.2) is 43.1 Å². The van der Waals surface area contributed by atoms with E-state index in [-0.39, 0.29) is 0 Å². The smallest absolute Gasteiger partial charge is 0.235 e. The van der Waals surface area contributed by atoms with Crippen LogP contribution >= 0.6 is 0 Å². The number of fused-ring (bicyclic) bond motifs is 1. The molecule has 5 nitrogen and oxygen atoms in total. The highest BCUT2D eigenvalue weighted by Crippen LogP contribution is 2.29. The van der Waals surface area contributed by atoms with Gasteiger partial charge in [-0.25, -0.2) is 0 Å². The van der Waals surface area contributed by atoms with E-state index in [0.717, 1.165) is 17.1 Å². The van der Waals surface area contributed by atoms with Crippen molar-refractivity contribution in [2.75, 3.05) is 6.61 Å². The first-order chi connectivity index (χ1) is 8.72. The second-order valence-electron chi connectivity index (χ2n) is 3.61. The van der Waals surface area contributed by atoms with Crippen molar-refractivity contribution in [2.24, 2.45) is 0 Å². The molecule has 0 aliphatic heterocycles. The molecule has 0 radical (unpaired) electrons. The van der Waals surface area contributed by atoms with Gasteiger partial charge in [-0.15, -0.1) is 0 Å². The Kier molecular flexibility index (Phi) is 3.43. The van der Waals surface area contributed by atoms with Gasteiger partial charge >= 0.3 is 0 Å². The zero-order valence-corrected chi connectivity index (χ0v) is 9.63. The van der Waals surface area contributed by atoms with Crippen LogP contribution in [0.25, 0.3) is 17.0 Å². The molecule has 0 fully saturated rings. The summed E-state index contributed by atoms with van der Waals surface area (Å²) in [5.41, 5.74) is 1.55. The van der Waals surface area contributed by atoms with Crippen LogP contribution in [-0.2, 0) is 0 Å². The van der Waals surface area contributed by atoms with Crippen LogP contribution in [0, 0.1) is 10.1 Å². The topological polar surface area (TPSA) is 68.2 Å². The van der Waals surface area contributed by atoms with E-state index in [9.17, 15) is 10.1 Å². The first-order valence-corrected chi connectivity index (χ1v) is 5.38. The van der Waals surface area contributed by atoms with Crippen LogP contribution in [0.2, 0.25) is 0 Å². The van der Waals surface area contributed by atoms with Crippen LogP contribution in [0.4, 0.5) is 0 Å². The van der Waals surface area contributed by atoms with Crippen molar-refractivity contribution in [3.63, 3.8) is 0 Å². The molecule has 0 atom stereocenters. The predicted molar refractivity (Wildman–Crippen MR) is 70.0 cm³/mol. The van der Waals surface area contributed by atoms with Gasteiger partial charge in [-0.3, -0.25) is 10.1 Å². The molecule has 0 unspecified atom stereocenters. The highest BCUT2D eigenvalue weighted by atomic mass is 16.6. The lowest BCUT2D eigenvalue weighted by molar-refractivity contribution is -0.400. The second kappa shape index (κ2) is 5.18. The molecule has 0 saturated heterocycles. The zero-order valence-electron chi connectivity index (χ0n) is 9.63. The number of nitro groups is 1. The lowest BCUT2D eigenvalue weighted by Gasteiger charge is -2.00. The molecule has 1 heterocycles. The standard InChI is InChI=1S/C13H12N2O3/c1-2-9-18-13-11(7-8-15(16)17)10-5-3-4-6-12(10)14-13/h2-8,14H,1,9H2/b8-7+. The Balaban J connectivity index is 2.50. The van der Waals surface area contributed by atoms with Crippen LogP contribution in [0.5, 0.6) is 5.88 Å². The van der Waals surface area contributed by atoms with E-state index in [4.69, 9.17) is 4.74 Å². The van der Waals surface area contributed by atoms with Crippen molar-refractivity contribution in [3.05, 3.63) is 58.8 Å². The molecule has 0 aliphatic carbocycles. The van der Waals surface area contributed by atoms with Crippen molar-refractivity contribution < 1.29 is 9.66 Å². The maximum absolute atomic E-state index is 10.4. The van der Waals surface area contributed by atoms with Gasteiger partial charge in [-0.05, 0) is 6.07 Å². The first kappa shape index (κ1) is 11.9. The molecule has 0 saturated carbocycles. The second-order valence-corrected chi connectivity index (χ2v) is 3.61. The molecule has 1 aromatic heterocycles. The normalized spacial score (nSPS) is 10.9. The van der Waals surface area contributed by atoms with Crippen molar-refractivity contribution in [2.45, 2.75) is 0 Å². The van der Waals surface area contributed by atoms with Gasteiger partial charge in [0.05, 0.1) is 10.5 Å². The van der Waals surface area contributed by atoms with Crippen LogP contribution in [-0.4, -0.2) is 16.5 Å². The van der Waals surface area contributed by atoms with Gasteiger partial charge in [0, 0.05) is 17.0 Å². The minimum Gasteiger partial charge on any atom is -0.474 e. The number of nitrogens with one attached hydrogen (secondary N) is 1. The fourth-order valence-electron chi connectivity index (χ4n) is 1.70. The van der Waals surface area contributed by atoms with Gasteiger partial charge in [-0.2, -0.15) is 0 Å². The average molecular weight is 244 g/mol. The summed E-state index contributed by atoms with van der Waals surface area (Å²) in [5, 5.41) is 11.3. The van der Waals surface area contributed by atoms with Crippen molar-refractivity contribution in [1.29, 1.82) is 0 Å². The number of hydrogen-bond acceptors (Lipinski definition) is 3. The molecule has 0 spiro atoms. The van der Waals surface area contributed by atoms with Gasteiger partial charge in [-0.1, -0.05) is 30.9 Å². The molecule has 0 amide bonds. The summed E-state index contributed by atoms with van der Waals surface area (Å²) in [7, 11) is 0. The largest absolute Gasteiger partial charge is 0.474 e. The molecule has 0 bridgehead atoms. The Morgan fingerprint density at radius 2 is 2.22 bits per heavy atom. The van der Waals surface area contributed by atoms with Crippen LogP contribution in [0.1, 0.15) is 5.56 Å². The lowest BCUT2D eigenvalue weighted by atomic mass is 10.1. The Morgan fingerprint density at radius 3 is 2.94 bits per heavy atom. The zero-order chi connectivity index (χ0) is 13.0. The number of aromatic amines is 1. The Bertz CT molecular complexity index is 614. The summed E-state index contributed by atoms with van der Waals surface area (Å²) >= 11 is 0. The fourth-order valence-corrected chi connectivity index (χ4v) is 1.70. The number of benzene rings is 1.